The van der Waals surface area contributed by atoms with Crippen molar-refractivity contribution in [1.29, 1.82) is 0 Å². The second-order valence-electron chi connectivity index (χ2n) is 5.80. The first-order valence-electron chi connectivity index (χ1n) is 8.03. The van der Waals surface area contributed by atoms with Crippen molar-refractivity contribution >= 4 is 69.2 Å². The number of phenolic OH excluding ortho intramolecular Hbond substituents is 1. The molecule has 1 aliphatic rings. The third kappa shape index (κ3) is 4.73. The molecule has 29 heavy (non-hydrogen) atoms. The van der Waals surface area contributed by atoms with Gasteiger partial charge in [0.25, 0.3) is 11.6 Å². The molecule has 2 aromatic carbocycles. The van der Waals surface area contributed by atoms with Gasteiger partial charge in [-0.05, 0) is 23.8 Å². The van der Waals surface area contributed by atoms with E-state index in [0.29, 0.717) is 15.5 Å². The van der Waals surface area contributed by atoms with Crippen LogP contribution in [0.4, 0.5) is 11.4 Å². The van der Waals surface area contributed by atoms with Gasteiger partial charge in [0.05, 0.1) is 21.6 Å². The normalized spacial score (nSPS) is 15.1. The van der Waals surface area contributed by atoms with Crippen LogP contribution in [0.2, 0.25) is 5.02 Å². The second kappa shape index (κ2) is 8.60. The van der Waals surface area contributed by atoms with Gasteiger partial charge < -0.3 is 10.4 Å². The summed E-state index contributed by atoms with van der Waals surface area (Å²) in [6.07, 6.45) is 1.60. The first-order valence-corrected chi connectivity index (χ1v) is 9.63. The number of rotatable bonds is 5. The molecule has 2 amide bonds. The fourth-order valence-corrected chi connectivity index (χ4v) is 3.88. The lowest BCUT2D eigenvalue weighted by atomic mass is 10.2. The molecule has 0 atom stereocenters. The molecule has 1 saturated heterocycles. The van der Waals surface area contributed by atoms with E-state index < -0.39 is 22.5 Å². The van der Waals surface area contributed by atoms with Crippen LogP contribution in [-0.2, 0) is 9.59 Å². The topological polar surface area (TPSA) is 113 Å². The molecule has 1 aliphatic heterocycles. The number of anilines is 1. The summed E-state index contributed by atoms with van der Waals surface area (Å²) in [6, 6.07) is 10.2. The molecule has 8 nitrogen and oxygen atoms in total. The second-order valence-corrected chi connectivity index (χ2v) is 7.88. The lowest BCUT2D eigenvalue weighted by Crippen LogP contribution is -2.36. The number of carbonyl (C=O) groups excluding carboxylic acids is 2. The van der Waals surface area contributed by atoms with Crippen molar-refractivity contribution in [2.75, 3.05) is 11.9 Å². The maximum atomic E-state index is 12.6. The zero-order valence-electron chi connectivity index (χ0n) is 14.5. The molecule has 0 aromatic heterocycles. The molecule has 1 heterocycles. The molecule has 0 saturated carbocycles. The monoisotopic (exact) mass is 449 g/mol. The maximum Gasteiger partial charge on any atom is 0.273 e. The van der Waals surface area contributed by atoms with E-state index >= 15 is 0 Å². The van der Waals surface area contributed by atoms with Crippen LogP contribution in [0.25, 0.3) is 6.08 Å². The molecule has 1 fully saturated rings. The molecular formula is C18H12ClN3O5S2. The smallest absolute Gasteiger partial charge is 0.273 e. The number of aromatic hydroxyl groups is 1. The van der Waals surface area contributed by atoms with Gasteiger partial charge in [0.15, 0.2) is 0 Å². The van der Waals surface area contributed by atoms with Crippen molar-refractivity contribution in [1.82, 2.24) is 4.90 Å². The van der Waals surface area contributed by atoms with Crippen molar-refractivity contribution in [3.05, 3.63) is 68.1 Å². The Labute approximate surface area is 179 Å². The Kier molecular flexibility index (Phi) is 6.16. The summed E-state index contributed by atoms with van der Waals surface area (Å²) in [5.41, 5.74) is 0.315. The minimum Gasteiger partial charge on any atom is -0.506 e. The van der Waals surface area contributed by atoms with Crippen LogP contribution in [0.1, 0.15) is 5.56 Å². The summed E-state index contributed by atoms with van der Waals surface area (Å²) < 4.78 is 0.205. The molecule has 0 unspecified atom stereocenters. The Hall–Kier alpha value is -2.95. The minimum atomic E-state index is -0.670. The predicted molar refractivity (Wildman–Crippen MR) is 115 cm³/mol. The van der Waals surface area contributed by atoms with E-state index in [1.807, 2.05) is 0 Å². The molecular weight excluding hydrogens is 438 g/mol. The summed E-state index contributed by atoms with van der Waals surface area (Å²) >= 11 is 12.3. The molecule has 148 valence electrons. The third-order valence-corrected chi connectivity index (χ3v) is 5.56. The van der Waals surface area contributed by atoms with Gasteiger partial charge in [0, 0.05) is 11.1 Å². The SMILES string of the molecule is O=C(CN1C(=O)/C(=C\c2ccccc2Cl)SC1=S)Nc1ccc([N+](=O)[O-])cc1O. The van der Waals surface area contributed by atoms with Gasteiger partial charge in [-0.2, -0.15) is 0 Å². The number of amides is 2. The van der Waals surface area contributed by atoms with Crippen LogP contribution in [0, 0.1) is 10.1 Å². The van der Waals surface area contributed by atoms with Crippen molar-refractivity contribution in [2.45, 2.75) is 0 Å². The largest absolute Gasteiger partial charge is 0.506 e. The van der Waals surface area contributed by atoms with Crippen LogP contribution >= 0.6 is 35.6 Å². The number of thioether (sulfide) groups is 1. The number of carbonyl (C=O) groups is 2. The van der Waals surface area contributed by atoms with E-state index in [2.05, 4.69) is 5.32 Å². The first-order chi connectivity index (χ1) is 13.8. The third-order valence-electron chi connectivity index (χ3n) is 3.83. The van der Waals surface area contributed by atoms with E-state index in [1.54, 1.807) is 30.3 Å². The summed E-state index contributed by atoms with van der Waals surface area (Å²) in [7, 11) is 0. The van der Waals surface area contributed by atoms with Gasteiger partial charge >= 0.3 is 0 Å². The summed E-state index contributed by atoms with van der Waals surface area (Å²) in [6.45, 7) is -0.374. The minimum absolute atomic E-state index is 0.0161. The maximum absolute atomic E-state index is 12.6. The van der Waals surface area contributed by atoms with Crippen molar-refractivity contribution in [3.63, 3.8) is 0 Å². The van der Waals surface area contributed by atoms with Crippen molar-refractivity contribution in [3.8, 4) is 5.75 Å². The zero-order valence-corrected chi connectivity index (χ0v) is 16.9. The highest BCUT2D eigenvalue weighted by Crippen LogP contribution is 2.34. The fourth-order valence-electron chi connectivity index (χ4n) is 2.44. The van der Waals surface area contributed by atoms with Gasteiger partial charge in [-0.15, -0.1) is 0 Å². The fraction of sp³-hybridized carbons (Fsp3) is 0.0556. The van der Waals surface area contributed by atoms with Crippen LogP contribution in [0.3, 0.4) is 0 Å². The van der Waals surface area contributed by atoms with E-state index in [-0.39, 0.29) is 22.2 Å². The Bertz CT molecular complexity index is 1070. The molecule has 3 rings (SSSR count). The van der Waals surface area contributed by atoms with E-state index in [4.69, 9.17) is 23.8 Å². The molecule has 0 spiro atoms. The first kappa shape index (κ1) is 20.8. The number of nitrogens with zero attached hydrogens (tertiary/aromatic N) is 2. The predicted octanol–water partition coefficient (Wildman–Crippen LogP) is 3.79. The lowest BCUT2D eigenvalue weighted by molar-refractivity contribution is -0.384. The number of nitro benzene ring substituents is 1. The summed E-state index contributed by atoms with van der Waals surface area (Å²) in [5.74, 6) is -1.52. The number of halogens is 1. The van der Waals surface area contributed by atoms with Crippen molar-refractivity contribution < 1.29 is 19.6 Å². The number of non-ortho nitro benzene ring substituents is 1. The molecule has 2 N–H and O–H groups in total. The van der Waals surface area contributed by atoms with E-state index in [0.717, 1.165) is 28.8 Å². The standard InChI is InChI=1S/C18H12ClN3O5S2/c19-12-4-2-1-3-10(12)7-15-17(25)21(18(28)29-15)9-16(24)20-13-6-5-11(22(26)27)8-14(13)23/h1-8,23H,9H2,(H,20,24)/b15-7+. The summed E-state index contributed by atoms with van der Waals surface area (Å²) in [5, 5.41) is 23.4. The molecule has 11 heteroatoms. The quantitative estimate of drug-likeness (QED) is 0.235. The molecule has 0 aliphatic carbocycles. The van der Waals surface area contributed by atoms with Gasteiger partial charge in [0.1, 0.15) is 16.6 Å². The molecule has 0 bridgehead atoms. The zero-order chi connectivity index (χ0) is 21.1. The Morgan fingerprint density at radius 3 is 2.72 bits per heavy atom. The Morgan fingerprint density at radius 2 is 2.07 bits per heavy atom. The lowest BCUT2D eigenvalue weighted by Gasteiger charge is -2.14. The van der Waals surface area contributed by atoms with Gasteiger partial charge in [-0.25, -0.2) is 0 Å². The van der Waals surface area contributed by atoms with Gasteiger partial charge in [-0.3, -0.25) is 24.6 Å². The number of nitro groups is 1. The number of benzene rings is 2. The average molecular weight is 450 g/mol. The van der Waals surface area contributed by atoms with Crippen LogP contribution in [-0.4, -0.2) is 37.6 Å². The number of phenols is 1. The highest BCUT2D eigenvalue weighted by atomic mass is 35.5. The highest BCUT2D eigenvalue weighted by molar-refractivity contribution is 8.26. The molecule has 2 aromatic rings. The number of thiocarbonyl (C=S) groups is 1. The Morgan fingerprint density at radius 1 is 1.34 bits per heavy atom. The molecule has 0 radical (unpaired) electrons. The number of hydrogen-bond acceptors (Lipinski definition) is 7. The van der Waals surface area contributed by atoms with Gasteiger partial charge in [0.2, 0.25) is 5.91 Å². The van der Waals surface area contributed by atoms with Crippen LogP contribution in [0.5, 0.6) is 5.75 Å². The summed E-state index contributed by atoms with van der Waals surface area (Å²) in [4.78, 5) is 36.4. The van der Waals surface area contributed by atoms with Crippen molar-refractivity contribution in [2.24, 2.45) is 0 Å². The van der Waals surface area contributed by atoms with Crippen LogP contribution < -0.4 is 5.32 Å². The Balaban J connectivity index is 1.71. The van der Waals surface area contributed by atoms with Gasteiger partial charge in [-0.1, -0.05) is 53.8 Å². The number of nitrogens with one attached hydrogen (secondary N) is 1. The van der Waals surface area contributed by atoms with E-state index in [1.165, 1.54) is 6.07 Å². The van der Waals surface area contributed by atoms with Crippen LogP contribution in [0.15, 0.2) is 47.4 Å². The van der Waals surface area contributed by atoms with E-state index in [9.17, 15) is 24.8 Å². The highest BCUT2D eigenvalue weighted by Gasteiger charge is 2.33. The average Bonchev–Trinajstić information content (AvgIpc) is 2.92. The number of hydrogen-bond donors (Lipinski definition) is 2.